The van der Waals surface area contributed by atoms with Crippen LogP contribution in [0.5, 0.6) is 11.5 Å². The number of pyridine rings is 1. The monoisotopic (exact) mass is 901 g/mol. The Kier molecular flexibility index (Phi) is 10.6. The van der Waals surface area contributed by atoms with E-state index in [2.05, 4.69) is 264 Å². The predicted octanol–water partition coefficient (Wildman–Crippen LogP) is 15.7. The Labute approximate surface area is 408 Å². The quantitative estimate of drug-likeness (QED) is 0.149. The van der Waals surface area contributed by atoms with Gasteiger partial charge >= 0.3 is 6.85 Å². The summed E-state index contributed by atoms with van der Waals surface area (Å²) in [5.74, 6) is 4.88. The Hall–Kier alpha value is -7.51. The highest BCUT2D eigenvalue weighted by Gasteiger charge is 2.39. The van der Waals surface area contributed by atoms with Gasteiger partial charge in [-0.1, -0.05) is 153 Å². The van der Waals surface area contributed by atoms with Crippen molar-refractivity contribution in [1.82, 2.24) is 14.4 Å². The van der Waals surface area contributed by atoms with Gasteiger partial charge in [0.05, 0.1) is 29.1 Å². The molecule has 0 aliphatic carbocycles. The third-order valence-corrected chi connectivity index (χ3v) is 14.1. The molecule has 3 aliphatic heterocycles. The van der Waals surface area contributed by atoms with Crippen LogP contribution in [0.25, 0.3) is 38.8 Å². The van der Waals surface area contributed by atoms with E-state index in [0.29, 0.717) is 6.67 Å². The third kappa shape index (κ3) is 8.14. The van der Waals surface area contributed by atoms with E-state index >= 15 is 0 Å². The Balaban J connectivity index is 0.969. The van der Waals surface area contributed by atoms with Gasteiger partial charge in [0.1, 0.15) is 17.3 Å². The molecule has 342 valence electrons. The highest BCUT2D eigenvalue weighted by Crippen LogP contribution is 2.47. The average molecular weight is 902 g/mol. The molecular weight excluding hydrogens is 842 g/mol. The second-order valence-corrected chi connectivity index (χ2v) is 21.9. The Bertz CT molecular complexity index is 3410. The molecular formula is C62H60BN5O. The average Bonchev–Trinajstić information content (AvgIpc) is 3.89. The van der Waals surface area contributed by atoms with Gasteiger partial charge in [-0.2, -0.15) is 0 Å². The number of benzene rings is 6. The molecule has 0 amide bonds. The zero-order valence-corrected chi connectivity index (χ0v) is 41.3. The van der Waals surface area contributed by atoms with Crippen molar-refractivity contribution in [3.8, 4) is 17.3 Å². The second-order valence-electron chi connectivity index (χ2n) is 21.9. The van der Waals surface area contributed by atoms with E-state index in [-0.39, 0.29) is 23.1 Å². The summed E-state index contributed by atoms with van der Waals surface area (Å²) in [6, 6.07) is 55.0. The van der Waals surface area contributed by atoms with E-state index in [0.717, 1.165) is 45.1 Å². The van der Waals surface area contributed by atoms with Crippen LogP contribution in [0.1, 0.15) is 90.1 Å². The molecule has 11 rings (SSSR count). The molecule has 0 N–H and O–H groups in total. The van der Waals surface area contributed by atoms with Crippen molar-refractivity contribution < 1.29 is 4.74 Å². The second kappa shape index (κ2) is 16.6. The van der Waals surface area contributed by atoms with Crippen molar-refractivity contribution in [2.45, 2.75) is 78.6 Å². The number of para-hydroxylation sites is 3. The first kappa shape index (κ1) is 44.0. The number of anilines is 3. The van der Waals surface area contributed by atoms with Crippen LogP contribution in [-0.2, 0) is 16.2 Å². The van der Waals surface area contributed by atoms with Crippen molar-refractivity contribution in [3.05, 3.63) is 222 Å². The van der Waals surface area contributed by atoms with Gasteiger partial charge in [0.2, 0.25) is 0 Å². The summed E-state index contributed by atoms with van der Waals surface area (Å²) in [6.45, 7) is 21.0. The van der Waals surface area contributed by atoms with E-state index in [1.54, 1.807) is 0 Å². The highest BCUT2D eigenvalue weighted by molar-refractivity contribution is 6.73. The van der Waals surface area contributed by atoms with Gasteiger partial charge in [-0.25, -0.2) is 4.98 Å². The lowest BCUT2D eigenvalue weighted by atomic mass is 9.51. The number of allylic oxidation sites excluding steroid dienone is 4. The van der Waals surface area contributed by atoms with Crippen LogP contribution >= 0.6 is 0 Å². The molecule has 5 heterocycles. The Morgan fingerprint density at radius 2 is 1.14 bits per heavy atom. The maximum atomic E-state index is 6.83. The zero-order valence-electron chi connectivity index (χ0n) is 41.3. The molecule has 2 aromatic heterocycles. The summed E-state index contributed by atoms with van der Waals surface area (Å²) >= 11 is 0. The summed E-state index contributed by atoms with van der Waals surface area (Å²) in [4.78, 5) is 12.2. The van der Waals surface area contributed by atoms with Gasteiger partial charge in [0, 0.05) is 40.4 Å². The van der Waals surface area contributed by atoms with E-state index in [1.165, 1.54) is 55.6 Å². The largest absolute Gasteiger partial charge is 0.457 e. The number of aromatic nitrogens is 2. The van der Waals surface area contributed by atoms with E-state index < -0.39 is 0 Å². The van der Waals surface area contributed by atoms with Gasteiger partial charge in [-0.15, -0.1) is 0 Å². The minimum Gasteiger partial charge on any atom is -0.457 e. The SMILES string of the molecule is CC(C)(C)c1ccc(C2=CB3C(N4CN(c5cccc(Oc6ccc7c8ccccc8n(-c8cc(C(C)(C)C)ccn8)c7c6)c5)c5ccccc54)=C(c4ccc(C(C)(C)C)cc4)C=CN3C=C2)cc1. The van der Waals surface area contributed by atoms with Crippen molar-refractivity contribution in [2.24, 2.45) is 0 Å². The van der Waals surface area contributed by atoms with E-state index in [4.69, 9.17) is 9.72 Å². The molecule has 8 aromatic rings. The fourth-order valence-electron chi connectivity index (χ4n) is 10.2. The van der Waals surface area contributed by atoms with Gasteiger partial charge in [0.15, 0.2) is 0 Å². The smallest absolute Gasteiger partial charge is 0.338 e. The van der Waals surface area contributed by atoms with Crippen LogP contribution in [0.2, 0.25) is 0 Å². The summed E-state index contributed by atoms with van der Waals surface area (Å²) in [6.07, 6.45) is 11.0. The number of hydrogen-bond acceptors (Lipinski definition) is 5. The molecule has 6 aromatic carbocycles. The molecule has 0 saturated carbocycles. The number of hydrogen-bond donors (Lipinski definition) is 0. The molecule has 0 bridgehead atoms. The van der Waals surface area contributed by atoms with E-state index in [9.17, 15) is 0 Å². The van der Waals surface area contributed by atoms with Gasteiger partial charge in [-0.05, 0) is 134 Å². The molecule has 3 aliphatic rings. The lowest BCUT2D eigenvalue weighted by molar-refractivity contribution is 0.483. The summed E-state index contributed by atoms with van der Waals surface area (Å²) in [5.41, 5.74) is 15.6. The maximum Gasteiger partial charge on any atom is 0.338 e. The molecule has 69 heavy (non-hydrogen) atoms. The first-order valence-electron chi connectivity index (χ1n) is 24.3. The first-order valence-corrected chi connectivity index (χ1v) is 24.3. The Morgan fingerprint density at radius 1 is 0.522 bits per heavy atom. The van der Waals surface area contributed by atoms with Crippen LogP contribution in [0.15, 0.2) is 194 Å². The van der Waals surface area contributed by atoms with E-state index in [1.807, 2.05) is 6.20 Å². The standard InChI is InChI=1S/C62H60BN5O/c1-60(2,3)45-25-21-42(22-26-45)44-32-35-65-36-33-51(43-23-27-46(28-24-43)61(4,5)6)59(63(65)40-44)67-41-66(55-19-12-13-20-56(55)67)48-15-14-16-49(38-48)69-50-29-30-53-52-17-10-11-18-54(52)68(57(53)39-50)58-37-47(31-34-64-58)62(7,8)9/h10-40H,41H2,1-9H3. The highest BCUT2D eigenvalue weighted by atomic mass is 16.5. The lowest BCUT2D eigenvalue weighted by Crippen LogP contribution is -2.44. The minimum absolute atomic E-state index is 0.0127. The van der Waals surface area contributed by atoms with Crippen molar-refractivity contribution in [2.75, 3.05) is 16.5 Å². The molecule has 0 radical (unpaired) electrons. The molecule has 6 nitrogen and oxygen atoms in total. The minimum atomic E-state index is -0.0473. The van der Waals surface area contributed by atoms with Crippen molar-refractivity contribution in [3.63, 3.8) is 0 Å². The molecule has 0 fully saturated rings. The predicted molar refractivity (Wildman–Crippen MR) is 291 cm³/mol. The fraction of sp³-hybridized carbons (Fsp3) is 0.210. The third-order valence-electron chi connectivity index (χ3n) is 14.1. The van der Waals surface area contributed by atoms with Gasteiger partial charge < -0.3 is 19.3 Å². The lowest BCUT2D eigenvalue weighted by Gasteiger charge is -2.38. The topological polar surface area (TPSA) is 36.8 Å². The number of ether oxygens (including phenoxy) is 1. The van der Waals surface area contributed by atoms with Crippen LogP contribution in [0, 0.1) is 0 Å². The number of fused-ring (bicyclic) bond motifs is 5. The molecule has 0 saturated heterocycles. The maximum absolute atomic E-state index is 6.83. The fourth-order valence-corrected chi connectivity index (χ4v) is 10.2. The van der Waals surface area contributed by atoms with Gasteiger partial charge in [0.25, 0.3) is 0 Å². The molecule has 0 atom stereocenters. The van der Waals surface area contributed by atoms with Crippen LogP contribution in [0.4, 0.5) is 17.1 Å². The van der Waals surface area contributed by atoms with Crippen LogP contribution < -0.4 is 14.5 Å². The van der Waals surface area contributed by atoms with Gasteiger partial charge in [-0.3, -0.25) is 4.57 Å². The number of nitrogens with zero attached hydrogens (tertiary/aromatic N) is 5. The molecule has 0 unspecified atom stereocenters. The van der Waals surface area contributed by atoms with Crippen LogP contribution in [-0.4, -0.2) is 27.9 Å². The molecule has 0 spiro atoms. The Morgan fingerprint density at radius 3 is 1.86 bits per heavy atom. The van der Waals surface area contributed by atoms with Crippen molar-refractivity contribution >= 4 is 56.9 Å². The molecule has 7 heteroatoms. The zero-order chi connectivity index (χ0) is 47.8. The number of rotatable bonds is 7. The summed E-state index contributed by atoms with van der Waals surface area (Å²) < 4.78 is 9.10. The van der Waals surface area contributed by atoms with Crippen molar-refractivity contribution in [1.29, 1.82) is 0 Å². The van der Waals surface area contributed by atoms with Crippen LogP contribution in [0.3, 0.4) is 0 Å². The summed E-state index contributed by atoms with van der Waals surface area (Å²) in [5, 5.41) is 2.34. The summed E-state index contributed by atoms with van der Waals surface area (Å²) in [7, 11) is 0. The first-order chi connectivity index (χ1) is 33.1. The normalized spacial score (nSPS) is 15.1.